The van der Waals surface area contributed by atoms with Gasteiger partial charge < -0.3 is 14.7 Å². The number of carbonyl (C=O) groups excluding carboxylic acids is 1. The van der Waals surface area contributed by atoms with Crippen molar-refractivity contribution in [1.82, 2.24) is 4.90 Å². The molecule has 1 saturated heterocycles. The highest BCUT2D eigenvalue weighted by Gasteiger charge is 2.24. The van der Waals surface area contributed by atoms with E-state index in [9.17, 15) is 4.79 Å². The average molecular weight is 263 g/mol. The van der Waals surface area contributed by atoms with Gasteiger partial charge in [-0.2, -0.15) is 0 Å². The molecule has 1 fully saturated rings. The molecular formula is C15H21NO3. The van der Waals surface area contributed by atoms with E-state index < -0.39 is 0 Å². The maximum absolute atomic E-state index is 12.4. The fourth-order valence-corrected chi connectivity index (χ4v) is 2.43. The summed E-state index contributed by atoms with van der Waals surface area (Å²) in [6, 6.07) is 7.69. The predicted molar refractivity (Wildman–Crippen MR) is 73.1 cm³/mol. The highest BCUT2D eigenvalue weighted by molar-refractivity contribution is 5.95. The third-order valence-corrected chi connectivity index (χ3v) is 3.55. The van der Waals surface area contributed by atoms with Crippen molar-refractivity contribution >= 4 is 5.91 Å². The topological polar surface area (TPSA) is 49.8 Å². The molecule has 4 heteroatoms. The highest BCUT2D eigenvalue weighted by Crippen LogP contribution is 2.17. The molecule has 0 radical (unpaired) electrons. The molecule has 1 N–H and O–H groups in total. The fraction of sp³-hybridized carbons (Fsp3) is 0.533. The molecule has 0 saturated carbocycles. The summed E-state index contributed by atoms with van der Waals surface area (Å²) in [5.74, 6) is 0.110. The number of amides is 1. The molecule has 0 spiro atoms. The van der Waals surface area contributed by atoms with Crippen molar-refractivity contribution < 1.29 is 14.6 Å². The molecule has 104 valence electrons. The van der Waals surface area contributed by atoms with E-state index in [1.54, 1.807) is 0 Å². The normalized spacial score (nSPS) is 16.6. The van der Waals surface area contributed by atoms with E-state index in [1.165, 1.54) is 0 Å². The molecule has 1 amide bonds. The molecule has 1 aromatic rings. The molecular weight excluding hydrogens is 242 g/mol. The first-order valence-electron chi connectivity index (χ1n) is 6.79. The largest absolute Gasteiger partial charge is 0.394 e. The first-order valence-corrected chi connectivity index (χ1v) is 6.79. The molecule has 1 aromatic carbocycles. The Bertz CT molecular complexity index is 425. The second-order valence-corrected chi connectivity index (χ2v) is 4.90. The molecule has 1 aliphatic heterocycles. The number of nitrogens with zero attached hydrogens (tertiary/aromatic N) is 1. The van der Waals surface area contributed by atoms with E-state index in [0.717, 1.165) is 37.1 Å². The lowest BCUT2D eigenvalue weighted by Gasteiger charge is -2.32. The van der Waals surface area contributed by atoms with Gasteiger partial charge in [-0.3, -0.25) is 4.79 Å². The fourth-order valence-electron chi connectivity index (χ4n) is 2.43. The van der Waals surface area contributed by atoms with E-state index in [0.29, 0.717) is 6.61 Å². The first-order chi connectivity index (χ1) is 9.22. The van der Waals surface area contributed by atoms with E-state index in [-0.39, 0.29) is 18.6 Å². The lowest BCUT2D eigenvalue weighted by molar-refractivity contribution is -0.00555. The minimum atomic E-state index is 0.0579. The number of hydrogen-bond acceptors (Lipinski definition) is 3. The lowest BCUT2D eigenvalue weighted by atomic mass is 10.0. The Labute approximate surface area is 114 Å². The summed E-state index contributed by atoms with van der Waals surface area (Å²) in [5.41, 5.74) is 1.81. The monoisotopic (exact) mass is 263 g/mol. The second kappa shape index (κ2) is 6.68. The zero-order valence-electron chi connectivity index (χ0n) is 11.3. The van der Waals surface area contributed by atoms with Gasteiger partial charge in [-0.15, -0.1) is 0 Å². The number of likely N-dealkylation sites (tertiary alicyclic amines) is 1. The molecule has 1 aliphatic rings. The minimum Gasteiger partial charge on any atom is -0.394 e. The molecule has 4 nitrogen and oxygen atoms in total. The number of benzene rings is 1. The van der Waals surface area contributed by atoms with Gasteiger partial charge in [0.05, 0.1) is 19.3 Å². The lowest BCUT2D eigenvalue weighted by Crippen LogP contribution is -2.41. The summed E-state index contributed by atoms with van der Waals surface area (Å²) >= 11 is 0. The number of aliphatic hydroxyl groups is 1. The highest BCUT2D eigenvalue weighted by atomic mass is 16.5. The molecule has 0 aliphatic carbocycles. The van der Waals surface area contributed by atoms with Gasteiger partial charge in [0.25, 0.3) is 5.91 Å². The Kier molecular flexibility index (Phi) is 4.93. The number of carbonyl (C=O) groups is 1. The van der Waals surface area contributed by atoms with Crippen LogP contribution >= 0.6 is 0 Å². The third-order valence-electron chi connectivity index (χ3n) is 3.55. The summed E-state index contributed by atoms with van der Waals surface area (Å²) in [7, 11) is 0. The zero-order valence-corrected chi connectivity index (χ0v) is 11.3. The van der Waals surface area contributed by atoms with E-state index in [4.69, 9.17) is 9.84 Å². The van der Waals surface area contributed by atoms with Crippen LogP contribution in [0, 0.1) is 6.92 Å². The summed E-state index contributed by atoms with van der Waals surface area (Å²) in [5, 5.41) is 8.73. The van der Waals surface area contributed by atoms with Crippen LogP contribution in [0.4, 0.5) is 0 Å². The van der Waals surface area contributed by atoms with Crippen LogP contribution in [0.15, 0.2) is 24.3 Å². The van der Waals surface area contributed by atoms with Gasteiger partial charge in [0.2, 0.25) is 0 Å². The maximum Gasteiger partial charge on any atom is 0.254 e. The standard InChI is InChI=1S/C15H21NO3/c1-12-4-2-3-5-14(12)15(18)16-8-6-13(7-9-16)19-11-10-17/h2-5,13,17H,6-11H2,1H3. The number of ether oxygens (including phenoxy) is 1. The smallest absolute Gasteiger partial charge is 0.254 e. The molecule has 19 heavy (non-hydrogen) atoms. The molecule has 0 atom stereocenters. The number of aryl methyl sites for hydroxylation is 1. The SMILES string of the molecule is Cc1ccccc1C(=O)N1CCC(OCCO)CC1. The number of piperidine rings is 1. The summed E-state index contributed by atoms with van der Waals surface area (Å²) in [6.07, 6.45) is 1.86. The Hall–Kier alpha value is -1.39. The van der Waals surface area contributed by atoms with Crippen molar-refractivity contribution in [3.05, 3.63) is 35.4 Å². The van der Waals surface area contributed by atoms with Crippen LogP contribution in [-0.4, -0.2) is 48.3 Å². The molecule has 0 aromatic heterocycles. The number of rotatable bonds is 4. The van der Waals surface area contributed by atoms with Crippen molar-refractivity contribution in [2.75, 3.05) is 26.3 Å². The quantitative estimate of drug-likeness (QED) is 0.898. The molecule has 2 rings (SSSR count). The number of aliphatic hydroxyl groups excluding tert-OH is 1. The minimum absolute atomic E-state index is 0.0579. The van der Waals surface area contributed by atoms with E-state index >= 15 is 0 Å². The van der Waals surface area contributed by atoms with Crippen molar-refractivity contribution in [3.63, 3.8) is 0 Å². The van der Waals surface area contributed by atoms with Gasteiger partial charge in [0.15, 0.2) is 0 Å². The molecule has 1 heterocycles. The summed E-state index contributed by atoms with van der Waals surface area (Å²) in [4.78, 5) is 14.3. The van der Waals surface area contributed by atoms with Crippen LogP contribution in [0.3, 0.4) is 0 Å². The van der Waals surface area contributed by atoms with Gasteiger partial charge in [0, 0.05) is 18.7 Å². The second-order valence-electron chi connectivity index (χ2n) is 4.90. The summed E-state index contributed by atoms with van der Waals surface area (Å²) in [6.45, 7) is 3.86. The Balaban J connectivity index is 1.91. The van der Waals surface area contributed by atoms with E-state index in [1.807, 2.05) is 36.1 Å². The maximum atomic E-state index is 12.4. The Morgan fingerprint density at radius 1 is 1.37 bits per heavy atom. The van der Waals surface area contributed by atoms with Gasteiger partial charge >= 0.3 is 0 Å². The van der Waals surface area contributed by atoms with Crippen LogP contribution in [0.5, 0.6) is 0 Å². The van der Waals surface area contributed by atoms with Crippen molar-refractivity contribution in [1.29, 1.82) is 0 Å². The average Bonchev–Trinajstić information content (AvgIpc) is 2.45. The first kappa shape index (κ1) is 14.0. The Morgan fingerprint density at radius 3 is 2.68 bits per heavy atom. The van der Waals surface area contributed by atoms with Crippen molar-refractivity contribution in [3.8, 4) is 0 Å². The van der Waals surface area contributed by atoms with Crippen LogP contribution in [-0.2, 0) is 4.74 Å². The van der Waals surface area contributed by atoms with Crippen molar-refractivity contribution in [2.24, 2.45) is 0 Å². The van der Waals surface area contributed by atoms with Gasteiger partial charge in [-0.25, -0.2) is 0 Å². The molecule has 0 bridgehead atoms. The van der Waals surface area contributed by atoms with Crippen LogP contribution in [0.1, 0.15) is 28.8 Å². The van der Waals surface area contributed by atoms with Crippen LogP contribution < -0.4 is 0 Å². The third kappa shape index (κ3) is 3.55. The Morgan fingerprint density at radius 2 is 2.05 bits per heavy atom. The van der Waals surface area contributed by atoms with Crippen LogP contribution in [0.25, 0.3) is 0 Å². The predicted octanol–water partition coefficient (Wildman–Crippen LogP) is 1.61. The summed E-state index contributed by atoms with van der Waals surface area (Å²) < 4.78 is 5.50. The van der Waals surface area contributed by atoms with Gasteiger partial charge in [-0.05, 0) is 31.4 Å². The number of hydrogen-bond donors (Lipinski definition) is 1. The van der Waals surface area contributed by atoms with Crippen LogP contribution in [0.2, 0.25) is 0 Å². The van der Waals surface area contributed by atoms with Gasteiger partial charge in [-0.1, -0.05) is 18.2 Å². The van der Waals surface area contributed by atoms with Crippen molar-refractivity contribution in [2.45, 2.75) is 25.9 Å². The van der Waals surface area contributed by atoms with E-state index in [2.05, 4.69) is 0 Å². The zero-order chi connectivity index (χ0) is 13.7. The molecule has 0 unspecified atom stereocenters. The van der Waals surface area contributed by atoms with Gasteiger partial charge in [0.1, 0.15) is 0 Å².